The summed E-state index contributed by atoms with van der Waals surface area (Å²) in [5.74, 6) is 0.139. The van der Waals surface area contributed by atoms with Gasteiger partial charge in [0.2, 0.25) is 11.7 Å². The first-order chi connectivity index (χ1) is 13.4. The van der Waals surface area contributed by atoms with Gasteiger partial charge in [-0.3, -0.25) is 19.0 Å². The van der Waals surface area contributed by atoms with Crippen molar-refractivity contribution >= 4 is 22.9 Å². The fourth-order valence-electron chi connectivity index (χ4n) is 3.52. The van der Waals surface area contributed by atoms with E-state index in [1.165, 1.54) is 10.9 Å². The lowest BCUT2D eigenvalue weighted by Gasteiger charge is -2.32. The zero-order valence-electron chi connectivity index (χ0n) is 15.7. The third-order valence-corrected chi connectivity index (χ3v) is 4.99. The molecular formula is C18H20N6O4. The van der Waals surface area contributed by atoms with Crippen LogP contribution in [-0.2, 0) is 18.4 Å². The number of carbonyl (C=O) groups is 2. The zero-order chi connectivity index (χ0) is 19.8. The summed E-state index contributed by atoms with van der Waals surface area (Å²) in [5, 5.41) is 0. The number of imidazole rings is 1. The molecule has 1 amide bonds. The molecule has 0 N–H and O–H groups in total. The second-order valence-electron chi connectivity index (χ2n) is 6.97. The van der Waals surface area contributed by atoms with Gasteiger partial charge in [0.1, 0.15) is 12.9 Å². The minimum atomic E-state index is -0.423. The number of carbonyl (C=O) groups excluding carboxylic acids is 2. The summed E-state index contributed by atoms with van der Waals surface area (Å²) >= 11 is 0. The van der Waals surface area contributed by atoms with Crippen LogP contribution in [0.1, 0.15) is 29.4 Å². The van der Waals surface area contributed by atoms with E-state index in [1.807, 2.05) is 0 Å². The molecule has 0 aliphatic carbocycles. The van der Waals surface area contributed by atoms with Crippen molar-refractivity contribution in [1.82, 2.24) is 29.0 Å². The van der Waals surface area contributed by atoms with Gasteiger partial charge in [0.05, 0.1) is 0 Å². The Hall–Kier alpha value is -3.30. The molecule has 28 heavy (non-hydrogen) atoms. The molecule has 146 valence electrons. The Balaban J connectivity index is 1.49. The molecule has 0 radical (unpaired) electrons. The molecule has 1 aliphatic rings. The van der Waals surface area contributed by atoms with Crippen molar-refractivity contribution in [3.8, 4) is 0 Å². The largest absolute Gasteiger partial charge is 0.422 e. The Bertz CT molecular complexity index is 1110. The molecule has 1 atom stereocenters. The normalized spacial score (nSPS) is 17.2. The van der Waals surface area contributed by atoms with Crippen LogP contribution in [0.5, 0.6) is 0 Å². The average molecular weight is 384 g/mol. The molecule has 1 fully saturated rings. The number of fused-ring (bicyclic) bond motifs is 1. The van der Waals surface area contributed by atoms with E-state index < -0.39 is 5.56 Å². The summed E-state index contributed by atoms with van der Waals surface area (Å²) in [6.07, 6.45) is 6.02. The van der Waals surface area contributed by atoms with E-state index >= 15 is 0 Å². The van der Waals surface area contributed by atoms with E-state index in [2.05, 4.69) is 15.0 Å². The van der Waals surface area contributed by atoms with Crippen LogP contribution < -0.4 is 5.56 Å². The highest BCUT2D eigenvalue weighted by atomic mass is 16.4. The highest BCUT2D eigenvalue weighted by Crippen LogP contribution is 2.20. The van der Waals surface area contributed by atoms with Crippen molar-refractivity contribution in [2.45, 2.75) is 26.3 Å². The number of Topliss-reactive ketones (excluding diaryl/α,β-unsaturated/α-hetero) is 1. The third kappa shape index (κ3) is 3.21. The molecule has 1 saturated heterocycles. The van der Waals surface area contributed by atoms with Crippen molar-refractivity contribution in [2.24, 2.45) is 13.0 Å². The first kappa shape index (κ1) is 18.1. The van der Waals surface area contributed by atoms with E-state index in [0.29, 0.717) is 31.2 Å². The van der Waals surface area contributed by atoms with Crippen molar-refractivity contribution < 1.29 is 14.0 Å². The summed E-state index contributed by atoms with van der Waals surface area (Å²) in [6, 6.07) is 0. The fraction of sp³-hybridized carbons (Fsp3) is 0.444. The molecular weight excluding hydrogens is 364 g/mol. The van der Waals surface area contributed by atoms with Gasteiger partial charge in [0, 0.05) is 45.4 Å². The van der Waals surface area contributed by atoms with Gasteiger partial charge in [-0.2, -0.15) is 0 Å². The molecule has 10 heteroatoms. The van der Waals surface area contributed by atoms with Crippen LogP contribution in [0.4, 0.5) is 0 Å². The van der Waals surface area contributed by atoms with Gasteiger partial charge in [0.25, 0.3) is 11.3 Å². The molecule has 4 rings (SSSR count). The molecule has 0 bridgehead atoms. The number of aromatic nitrogens is 5. The predicted molar refractivity (Wildman–Crippen MR) is 97.6 cm³/mol. The first-order valence-electron chi connectivity index (χ1n) is 9.06. The molecule has 0 aromatic carbocycles. The van der Waals surface area contributed by atoms with Gasteiger partial charge in [0.15, 0.2) is 17.2 Å². The highest BCUT2D eigenvalue weighted by molar-refractivity contribution is 5.95. The molecule has 0 saturated carbocycles. The summed E-state index contributed by atoms with van der Waals surface area (Å²) in [6.45, 7) is 2.34. The lowest BCUT2D eigenvalue weighted by atomic mass is 9.93. The number of hydrogen-bond acceptors (Lipinski definition) is 7. The van der Waals surface area contributed by atoms with E-state index in [-0.39, 0.29) is 35.4 Å². The van der Waals surface area contributed by atoms with E-state index in [4.69, 9.17) is 4.42 Å². The van der Waals surface area contributed by atoms with Crippen molar-refractivity contribution in [2.75, 3.05) is 13.1 Å². The Morgan fingerprint density at radius 1 is 1.32 bits per heavy atom. The molecule has 10 nitrogen and oxygen atoms in total. The zero-order valence-corrected chi connectivity index (χ0v) is 15.7. The minimum absolute atomic E-state index is 0.0664. The topological polar surface area (TPSA) is 116 Å². The summed E-state index contributed by atoms with van der Waals surface area (Å²) in [4.78, 5) is 51.7. The lowest BCUT2D eigenvalue weighted by Crippen LogP contribution is -2.44. The Labute approximate surface area is 159 Å². The van der Waals surface area contributed by atoms with Crippen LogP contribution in [0.25, 0.3) is 11.2 Å². The Morgan fingerprint density at radius 3 is 2.89 bits per heavy atom. The molecule has 0 spiro atoms. The maximum Gasteiger partial charge on any atom is 0.283 e. The van der Waals surface area contributed by atoms with Crippen LogP contribution in [0.3, 0.4) is 0 Å². The highest BCUT2D eigenvalue weighted by Gasteiger charge is 2.31. The SMILES string of the molecule is Cc1nc2c(=O)n(CC(=O)N3CCC[C@H](C(=O)c4nccn4C)C3)cnc2o1. The van der Waals surface area contributed by atoms with Gasteiger partial charge in [-0.25, -0.2) is 15.0 Å². The van der Waals surface area contributed by atoms with Crippen LogP contribution >= 0.6 is 0 Å². The fourth-order valence-corrected chi connectivity index (χ4v) is 3.52. The first-order valence-corrected chi connectivity index (χ1v) is 9.06. The number of oxazole rings is 1. The Morgan fingerprint density at radius 2 is 2.14 bits per heavy atom. The minimum Gasteiger partial charge on any atom is -0.422 e. The van der Waals surface area contributed by atoms with E-state index in [1.54, 1.807) is 35.8 Å². The van der Waals surface area contributed by atoms with Crippen LogP contribution in [0.2, 0.25) is 0 Å². The van der Waals surface area contributed by atoms with Crippen molar-refractivity contribution in [3.63, 3.8) is 0 Å². The maximum atomic E-state index is 12.7. The van der Waals surface area contributed by atoms with Gasteiger partial charge >= 0.3 is 0 Å². The molecule has 1 aliphatic heterocycles. The van der Waals surface area contributed by atoms with Crippen molar-refractivity contribution in [3.05, 3.63) is 40.8 Å². The molecule has 3 aromatic heterocycles. The second kappa shape index (κ2) is 7.02. The number of ketones is 1. The quantitative estimate of drug-likeness (QED) is 0.603. The number of amides is 1. The van der Waals surface area contributed by atoms with Crippen LogP contribution in [-0.4, -0.2) is 53.8 Å². The van der Waals surface area contributed by atoms with Gasteiger partial charge in [-0.15, -0.1) is 0 Å². The van der Waals surface area contributed by atoms with Crippen LogP contribution in [0, 0.1) is 12.8 Å². The van der Waals surface area contributed by atoms with E-state index in [0.717, 1.165) is 6.42 Å². The Kier molecular flexibility index (Phi) is 4.54. The second-order valence-corrected chi connectivity index (χ2v) is 6.97. The van der Waals surface area contributed by atoms with E-state index in [9.17, 15) is 14.4 Å². The predicted octanol–water partition coefficient (Wildman–Crippen LogP) is 0.548. The van der Waals surface area contributed by atoms with Gasteiger partial charge in [-0.1, -0.05) is 0 Å². The number of rotatable bonds is 4. The molecule has 0 unspecified atom stereocenters. The summed E-state index contributed by atoms with van der Waals surface area (Å²) < 4.78 is 8.14. The third-order valence-electron chi connectivity index (χ3n) is 4.99. The van der Waals surface area contributed by atoms with Gasteiger partial charge in [-0.05, 0) is 12.8 Å². The van der Waals surface area contributed by atoms with Crippen LogP contribution in [0.15, 0.2) is 27.9 Å². The molecule has 4 heterocycles. The number of likely N-dealkylation sites (tertiary alicyclic amines) is 1. The number of hydrogen-bond donors (Lipinski definition) is 0. The lowest BCUT2D eigenvalue weighted by molar-refractivity contribution is -0.133. The van der Waals surface area contributed by atoms with Gasteiger partial charge < -0.3 is 13.9 Å². The monoisotopic (exact) mass is 384 g/mol. The average Bonchev–Trinajstić information content (AvgIpc) is 3.29. The number of piperidine rings is 1. The molecule has 3 aromatic rings. The standard InChI is InChI=1S/C18H20N6O4/c1-11-21-14-17(28-11)20-10-24(18(14)27)9-13(25)23-6-3-4-12(8-23)15(26)16-19-5-7-22(16)2/h5,7,10,12H,3-4,6,8-9H2,1-2H3/t12-/m0/s1. The van der Waals surface area contributed by atoms with Crippen molar-refractivity contribution in [1.29, 1.82) is 0 Å². The number of nitrogens with zero attached hydrogens (tertiary/aromatic N) is 6. The maximum absolute atomic E-state index is 12.7. The summed E-state index contributed by atoms with van der Waals surface area (Å²) in [7, 11) is 1.77. The smallest absolute Gasteiger partial charge is 0.283 e. The summed E-state index contributed by atoms with van der Waals surface area (Å²) in [5.41, 5.74) is -0.160. The number of aryl methyl sites for hydroxylation is 2.